The minimum atomic E-state index is -0.887. The van der Waals surface area contributed by atoms with E-state index in [2.05, 4.69) is 21.0 Å². The second-order valence-electron chi connectivity index (χ2n) is 4.81. The fraction of sp³-hybridized carbons (Fsp3) is 0.286. The van der Waals surface area contributed by atoms with Crippen LogP contribution in [0.3, 0.4) is 0 Å². The summed E-state index contributed by atoms with van der Waals surface area (Å²) < 4.78 is 2.84. The van der Waals surface area contributed by atoms with E-state index in [0.29, 0.717) is 18.0 Å². The van der Waals surface area contributed by atoms with E-state index in [9.17, 15) is 9.90 Å². The molecule has 0 atom stereocenters. The van der Waals surface area contributed by atoms with E-state index in [4.69, 9.17) is 0 Å². The maximum atomic E-state index is 11.2. The van der Waals surface area contributed by atoms with Crippen LogP contribution in [0.25, 0.3) is 0 Å². The molecule has 0 radical (unpaired) electrons. The van der Waals surface area contributed by atoms with Gasteiger partial charge in [-0.15, -0.1) is 0 Å². The largest absolute Gasteiger partial charge is 0.478 e. The van der Waals surface area contributed by atoms with Crippen molar-refractivity contribution in [3.63, 3.8) is 0 Å². The molecule has 0 bridgehead atoms. The van der Waals surface area contributed by atoms with E-state index in [1.165, 1.54) is 6.20 Å². The summed E-state index contributed by atoms with van der Waals surface area (Å²) in [5.41, 5.74) is 2.32. The number of aromatic nitrogens is 2. The van der Waals surface area contributed by atoms with Crippen molar-refractivity contribution >= 4 is 21.9 Å². The standard InChI is InChI=1S/C14H13BrN2O2/c15-11-3-1-2-9(6-11)8-17-13(10-4-5-10)12(7-16-17)14(18)19/h1-3,6-7,10H,4-5,8H2,(H,18,19). The van der Waals surface area contributed by atoms with Crippen molar-refractivity contribution < 1.29 is 9.90 Å². The number of hydrogen-bond acceptors (Lipinski definition) is 2. The molecule has 0 unspecified atom stereocenters. The normalized spacial score (nSPS) is 14.6. The number of halogens is 1. The molecule has 1 aromatic heterocycles. The SMILES string of the molecule is O=C(O)c1cnn(Cc2cccc(Br)c2)c1C1CC1. The third-order valence-corrected chi connectivity index (χ3v) is 3.79. The fourth-order valence-electron chi connectivity index (χ4n) is 2.28. The van der Waals surface area contributed by atoms with Crippen LogP contribution in [0.1, 0.15) is 40.4 Å². The van der Waals surface area contributed by atoms with Gasteiger partial charge in [-0.1, -0.05) is 28.1 Å². The van der Waals surface area contributed by atoms with Gasteiger partial charge >= 0.3 is 5.97 Å². The summed E-state index contributed by atoms with van der Waals surface area (Å²) in [6.07, 6.45) is 3.59. The molecular weight excluding hydrogens is 308 g/mol. The first-order valence-electron chi connectivity index (χ1n) is 6.18. The summed E-state index contributed by atoms with van der Waals surface area (Å²) in [5, 5.41) is 13.4. The second kappa shape index (κ2) is 4.81. The van der Waals surface area contributed by atoms with Crippen molar-refractivity contribution in [3.05, 3.63) is 51.8 Å². The number of carbonyl (C=O) groups is 1. The minimum absolute atomic E-state index is 0.345. The summed E-state index contributed by atoms with van der Waals surface area (Å²) in [6.45, 7) is 0.610. The average molecular weight is 321 g/mol. The van der Waals surface area contributed by atoms with Crippen molar-refractivity contribution in [2.75, 3.05) is 0 Å². The number of benzene rings is 1. The molecule has 1 saturated carbocycles. The molecule has 0 amide bonds. The van der Waals surface area contributed by atoms with E-state index in [1.54, 1.807) is 0 Å². The van der Waals surface area contributed by atoms with Gasteiger partial charge in [0.2, 0.25) is 0 Å². The van der Waals surface area contributed by atoms with Crippen molar-refractivity contribution in [3.8, 4) is 0 Å². The molecule has 1 aliphatic carbocycles. The Labute approximate surface area is 119 Å². The molecule has 1 aromatic carbocycles. The third-order valence-electron chi connectivity index (χ3n) is 3.30. The van der Waals surface area contributed by atoms with Gasteiger partial charge in [-0.05, 0) is 30.5 Å². The molecule has 4 nitrogen and oxygen atoms in total. The van der Waals surface area contributed by atoms with Gasteiger partial charge in [0.15, 0.2) is 0 Å². The van der Waals surface area contributed by atoms with Crippen molar-refractivity contribution in [1.82, 2.24) is 9.78 Å². The lowest BCUT2D eigenvalue weighted by molar-refractivity contribution is 0.0695. The number of carboxylic acid groups (broad SMARTS) is 1. The summed E-state index contributed by atoms with van der Waals surface area (Å²) in [5.74, 6) is -0.525. The van der Waals surface area contributed by atoms with Gasteiger partial charge in [0.1, 0.15) is 5.56 Å². The van der Waals surface area contributed by atoms with E-state index in [1.807, 2.05) is 28.9 Å². The first-order valence-corrected chi connectivity index (χ1v) is 6.98. The highest BCUT2D eigenvalue weighted by atomic mass is 79.9. The predicted octanol–water partition coefficient (Wildman–Crippen LogP) is 3.27. The van der Waals surface area contributed by atoms with E-state index < -0.39 is 5.97 Å². The Morgan fingerprint density at radius 3 is 2.89 bits per heavy atom. The minimum Gasteiger partial charge on any atom is -0.478 e. The van der Waals surface area contributed by atoms with Crippen LogP contribution in [-0.2, 0) is 6.54 Å². The molecule has 1 fully saturated rings. The van der Waals surface area contributed by atoms with Gasteiger partial charge < -0.3 is 5.11 Å². The monoisotopic (exact) mass is 320 g/mol. The highest BCUT2D eigenvalue weighted by Gasteiger charge is 2.32. The summed E-state index contributed by atoms with van der Waals surface area (Å²) in [4.78, 5) is 11.2. The van der Waals surface area contributed by atoms with E-state index in [0.717, 1.165) is 28.6 Å². The van der Waals surface area contributed by atoms with Crippen LogP contribution in [0, 0.1) is 0 Å². The van der Waals surface area contributed by atoms with E-state index in [-0.39, 0.29) is 0 Å². The summed E-state index contributed by atoms with van der Waals surface area (Å²) >= 11 is 3.44. The molecule has 0 spiro atoms. The predicted molar refractivity (Wildman–Crippen MR) is 74.4 cm³/mol. The van der Waals surface area contributed by atoms with Gasteiger partial charge in [-0.25, -0.2) is 4.79 Å². The van der Waals surface area contributed by atoms with Gasteiger partial charge in [0.25, 0.3) is 0 Å². The molecule has 5 heteroatoms. The van der Waals surface area contributed by atoms with Crippen molar-refractivity contribution in [1.29, 1.82) is 0 Å². The lowest BCUT2D eigenvalue weighted by Gasteiger charge is -2.08. The molecule has 1 aliphatic rings. The molecule has 0 aliphatic heterocycles. The highest BCUT2D eigenvalue weighted by Crippen LogP contribution is 2.41. The number of hydrogen-bond donors (Lipinski definition) is 1. The van der Waals surface area contributed by atoms with E-state index >= 15 is 0 Å². The average Bonchev–Trinajstić information content (AvgIpc) is 3.11. The van der Waals surface area contributed by atoms with Gasteiger partial charge in [0.05, 0.1) is 18.4 Å². The highest BCUT2D eigenvalue weighted by molar-refractivity contribution is 9.10. The second-order valence-corrected chi connectivity index (χ2v) is 5.73. The van der Waals surface area contributed by atoms with Gasteiger partial charge in [-0.2, -0.15) is 5.10 Å². The molecule has 3 rings (SSSR count). The summed E-state index contributed by atoms with van der Waals surface area (Å²) in [6, 6.07) is 7.98. The number of carboxylic acids is 1. The summed E-state index contributed by atoms with van der Waals surface area (Å²) in [7, 11) is 0. The zero-order valence-corrected chi connectivity index (χ0v) is 11.8. The molecule has 1 heterocycles. The maximum Gasteiger partial charge on any atom is 0.339 e. The molecule has 1 N–H and O–H groups in total. The molecule has 19 heavy (non-hydrogen) atoms. The number of nitrogens with zero attached hydrogens (tertiary/aromatic N) is 2. The van der Waals surface area contributed by atoms with Crippen LogP contribution in [0.2, 0.25) is 0 Å². The molecule has 0 saturated heterocycles. The lowest BCUT2D eigenvalue weighted by Crippen LogP contribution is -2.08. The Balaban J connectivity index is 1.94. The Kier molecular flexibility index (Phi) is 3.14. The Hall–Kier alpha value is -1.62. The maximum absolute atomic E-state index is 11.2. The number of aromatic carboxylic acids is 1. The van der Waals surface area contributed by atoms with Crippen LogP contribution in [-0.4, -0.2) is 20.9 Å². The van der Waals surface area contributed by atoms with Crippen LogP contribution in [0.5, 0.6) is 0 Å². The number of rotatable bonds is 4. The molecular formula is C14H13BrN2O2. The topological polar surface area (TPSA) is 55.1 Å². The quantitative estimate of drug-likeness (QED) is 0.940. The zero-order valence-electron chi connectivity index (χ0n) is 10.2. The first kappa shape index (κ1) is 12.4. The van der Waals surface area contributed by atoms with Crippen LogP contribution >= 0.6 is 15.9 Å². The Morgan fingerprint density at radius 2 is 2.26 bits per heavy atom. The first-order chi connectivity index (χ1) is 9.15. The van der Waals surface area contributed by atoms with Crippen LogP contribution in [0.4, 0.5) is 0 Å². The van der Waals surface area contributed by atoms with Crippen molar-refractivity contribution in [2.45, 2.75) is 25.3 Å². The third kappa shape index (κ3) is 2.56. The fourth-order valence-corrected chi connectivity index (χ4v) is 2.73. The van der Waals surface area contributed by atoms with Crippen LogP contribution < -0.4 is 0 Å². The lowest BCUT2D eigenvalue weighted by atomic mass is 10.1. The Morgan fingerprint density at radius 1 is 1.47 bits per heavy atom. The zero-order chi connectivity index (χ0) is 13.4. The van der Waals surface area contributed by atoms with Gasteiger partial charge in [-0.3, -0.25) is 4.68 Å². The molecule has 98 valence electrons. The van der Waals surface area contributed by atoms with Crippen molar-refractivity contribution in [2.24, 2.45) is 0 Å². The Bertz CT molecular complexity index is 632. The van der Waals surface area contributed by atoms with Crippen LogP contribution in [0.15, 0.2) is 34.9 Å². The molecule has 2 aromatic rings. The van der Waals surface area contributed by atoms with Gasteiger partial charge in [0, 0.05) is 10.4 Å². The smallest absolute Gasteiger partial charge is 0.339 e.